The van der Waals surface area contributed by atoms with E-state index in [4.69, 9.17) is 0 Å². The van der Waals surface area contributed by atoms with Gasteiger partial charge in [-0.25, -0.2) is 0 Å². The Hall–Kier alpha value is -1.62. The molecule has 2 aromatic rings. The van der Waals surface area contributed by atoms with Crippen molar-refractivity contribution >= 4 is 57.5 Å². The molecular formula is C19H28BrIN6O. The fraction of sp³-hybridized carbons (Fsp3) is 0.421. The highest BCUT2D eigenvalue weighted by Gasteiger charge is 2.06. The number of aryl methyl sites for hydroxylation is 2. The molecule has 0 radical (unpaired) electrons. The average molecular weight is 563 g/mol. The minimum atomic E-state index is -0.0255. The second-order valence-electron chi connectivity index (χ2n) is 6.07. The van der Waals surface area contributed by atoms with Gasteiger partial charge in [-0.05, 0) is 50.1 Å². The maximum Gasteiger partial charge on any atom is 0.226 e. The summed E-state index contributed by atoms with van der Waals surface area (Å²) in [5, 5.41) is 13.5. The van der Waals surface area contributed by atoms with Gasteiger partial charge < -0.3 is 16.0 Å². The largest absolute Gasteiger partial charge is 0.357 e. The van der Waals surface area contributed by atoms with Crippen LogP contribution in [0.3, 0.4) is 0 Å². The summed E-state index contributed by atoms with van der Waals surface area (Å²) in [6.45, 7) is 6.81. The Bertz CT molecular complexity index is 751. The number of carbonyl (C=O) groups excluding carboxylic acids is 1. The molecule has 1 aromatic heterocycles. The van der Waals surface area contributed by atoms with Crippen molar-refractivity contribution in [2.45, 2.75) is 33.2 Å². The van der Waals surface area contributed by atoms with Gasteiger partial charge in [-0.3, -0.25) is 14.5 Å². The standard InChI is InChI=1S/C19H27BrN6O.HI/c1-3-21-19(22-9-4-12-26-13-5-10-24-26)23-11-8-18(27)25-17-7-6-16(20)14-15(17)2;/h5-7,10,13-14H,3-4,8-9,11-12H2,1-2H3,(H,25,27)(H2,21,22,23);1H. The predicted molar refractivity (Wildman–Crippen MR) is 128 cm³/mol. The molecule has 0 atom stereocenters. The molecule has 0 bridgehead atoms. The van der Waals surface area contributed by atoms with Crippen LogP contribution < -0.4 is 16.0 Å². The first-order valence-corrected chi connectivity index (χ1v) is 9.93. The Balaban J connectivity index is 0.00000392. The minimum Gasteiger partial charge on any atom is -0.357 e. The normalized spacial score (nSPS) is 10.9. The molecule has 28 heavy (non-hydrogen) atoms. The lowest BCUT2D eigenvalue weighted by atomic mass is 10.2. The van der Waals surface area contributed by atoms with Crippen LogP contribution in [0.1, 0.15) is 25.3 Å². The Morgan fingerprint density at radius 1 is 1.32 bits per heavy atom. The van der Waals surface area contributed by atoms with E-state index in [0.29, 0.717) is 19.5 Å². The Kier molecular flexibility index (Phi) is 11.8. The number of hydrogen-bond donors (Lipinski definition) is 3. The number of hydrogen-bond acceptors (Lipinski definition) is 3. The number of carbonyl (C=O) groups is 1. The number of aromatic nitrogens is 2. The third-order valence-corrected chi connectivity index (χ3v) is 4.32. The summed E-state index contributed by atoms with van der Waals surface area (Å²) >= 11 is 3.42. The van der Waals surface area contributed by atoms with Crippen LogP contribution in [0.2, 0.25) is 0 Å². The highest BCUT2D eigenvalue weighted by atomic mass is 127. The Labute approximate surface area is 191 Å². The van der Waals surface area contributed by atoms with Crippen molar-refractivity contribution in [3.8, 4) is 0 Å². The van der Waals surface area contributed by atoms with E-state index in [2.05, 4.69) is 42.0 Å². The summed E-state index contributed by atoms with van der Waals surface area (Å²) in [5.74, 6) is 0.702. The molecule has 1 aromatic carbocycles. The maximum atomic E-state index is 12.1. The summed E-state index contributed by atoms with van der Waals surface area (Å²) in [5.41, 5.74) is 1.86. The quantitative estimate of drug-likeness (QED) is 0.189. The topological polar surface area (TPSA) is 83.3 Å². The van der Waals surface area contributed by atoms with Crippen LogP contribution in [0.4, 0.5) is 5.69 Å². The van der Waals surface area contributed by atoms with Gasteiger partial charge in [0.25, 0.3) is 0 Å². The van der Waals surface area contributed by atoms with Gasteiger partial charge in [-0.15, -0.1) is 24.0 Å². The van der Waals surface area contributed by atoms with Crippen molar-refractivity contribution in [3.63, 3.8) is 0 Å². The minimum absolute atomic E-state index is 0. The number of nitrogens with zero attached hydrogens (tertiary/aromatic N) is 3. The number of guanidine groups is 1. The molecule has 0 aliphatic rings. The summed E-state index contributed by atoms with van der Waals surface area (Å²) in [6, 6.07) is 7.71. The van der Waals surface area contributed by atoms with Crippen molar-refractivity contribution < 1.29 is 4.79 Å². The summed E-state index contributed by atoms with van der Waals surface area (Å²) in [7, 11) is 0. The fourth-order valence-corrected chi connectivity index (χ4v) is 2.95. The Morgan fingerprint density at radius 3 is 2.82 bits per heavy atom. The molecular weight excluding hydrogens is 535 g/mol. The fourth-order valence-electron chi connectivity index (χ4n) is 2.47. The first-order chi connectivity index (χ1) is 13.1. The molecule has 0 aliphatic carbocycles. The zero-order valence-corrected chi connectivity index (χ0v) is 20.2. The number of rotatable bonds is 9. The number of aliphatic imine (C=N–C) groups is 1. The summed E-state index contributed by atoms with van der Waals surface area (Å²) < 4.78 is 2.89. The van der Waals surface area contributed by atoms with E-state index in [0.717, 1.165) is 41.2 Å². The number of benzene rings is 1. The second kappa shape index (κ2) is 13.5. The molecule has 9 heteroatoms. The average Bonchev–Trinajstić information content (AvgIpc) is 3.14. The van der Waals surface area contributed by atoms with Gasteiger partial charge in [0.1, 0.15) is 0 Å². The van der Waals surface area contributed by atoms with E-state index in [-0.39, 0.29) is 29.9 Å². The SMILES string of the molecule is CCNC(=NCCCn1cccn1)NCCC(=O)Nc1ccc(Br)cc1C.I. The number of anilines is 1. The van der Waals surface area contributed by atoms with Crippen LogP contribution in [0.5, 0.6) is 0 Å². The van der Waals surface area contributed by atoms with Gasteiger partial charge in [0, 0.05) is 55.2 Å². The van der Waals surface area contributed by atoms with Gasteiger partial charge in [0.15, 0.2) is 5.96 Å². The van der Waals surface area contributed by atoms with Crippen molar-refractivity contribution in [2.75, 3.05) is 25.0 Å². The highest BCUT2D eigenvalue weighted by Crippen LogP contribution is 2.19. The molecule has 0 unspecified atom stereocenters. The van der Waals surface area contributed by atoms with E-state index in [1.54, 1.807) is 6.20 Å². The first kappa shape index (κ1) is 24.4. The third kappa shape index (κ3) is 9.05. The van der Waals surface area contributed by atoms with E-state index in [1.165, 1.54) is 0 Å². The van der Waals surface area contributed by atoms with Crippen LogP contribution in [-0.4, -0.2) is 41.3 Å². The van der Waals surface area contributed by atoms with E-state index >= 15 is 0 Å². The lowest BCUT2D eigenvalue weighted by Gasteiger charge is -2.12. The van der Waals surface area contributed by atoms with E-state index in [1.807, 2.05) is 49.0 Å². The number of nitrogens with one attached hydrogen (secondary N) is 3. The van der Waals surface area contributed by atoms with Crippen LogP contribution >= 0.6 is 39.9 Å². The van der Waals surface area contributed by atoms with E-state index in [9.17, 15) is 4.79 Å². The van der Waals surface area contributed by atoms with Crippen molar-refractivity contribution in [1.82, 2.24) is 20.4 Å². The molecule has 0 aliphatic heterocycles. The van der Waals surface area contributed by atoms with Crippen LogP contribution in [-0.2, 0) is 11.3 Å². The molecule has 0 saturated carbocycles. The summed E-state index contributed by atoms with van der Waals surface area (Å²) in [4.78, 5) is 16.7. The van der Waals surface area contributed by atoms with Gasteiger partial charge in [-0.1, -0.05) is 15.9 Å². The third-order valence-electron chi connectivity index (χ3n) is 3.83. The zero-order chi connectivity index (χ0) is 19.5. The molecule has 2 rings (SSSR count). The molecule has 1 amide bonds. The molecule has 3 N–H and O–H groups in total. The molecule has 154 valence electrons. The predicted octanol–water partition coefficient (Wildman–Crippen LogP) is 3.55. The van der Waals surface area contributed by atoms with Crippen LogP contribution in [0, 0.1) is 6.92 Å². The smallest absolute Gasteiger partial charge is 0.226 e. The van der Waals surface area contributed by atoms with Gasteiger partial charge in [0.2, 0.25) is 5.91 Å². The number of halogens is 2. The molecule has 7 nitrogen and oxygen atoms in total. The van der Waals surface area contributed by atoms with Crippen LogP contribution in [0.25, 0.3) is 0 Å². The Morgan fingerprint density at radius 2 is 2.14 bits per heavy atom. The summed E-state index contributed by atoms with van der Waals surface area (Å²) in [6.07, 6.45) is 4.99. The van der Waals surface area contributed by atoms with Gasteiger partial charge >= 0.3 is 0 Å². The maximum absolute atomic E-state index is 12.1. The van der Waals surface area contributed by atoms with Gasteiger partial charge in [0.05, 0.1) is 0 Å². The lowest BCUT2D eigenvalue weighted by molar-refractivity contribution is -0.116. The molecule has 1 heterocycles. The number of amides is 1. The zero-order valence-electron chi connectivity index (χ0n) is 16.2. The van der Waals surface area contributed by atoms with E-state index < -0.39 is 0 Å². The second-order valence-corrected chi connectivity index (χ2v) is 6.98. The first-order valence-electron chi connectivity index (χ1n) is 9.14. The molecule has 0 fully saturated rings. The molecule has 0 saturated heterocycles. The highest BCUT2D eigenvalue weighted by molar-refractivity contribution is 14.0. The van der Waals surface area contributed by atoms with Crippen molar-refractivity contribution in [2.24, 2.45) is 4.99 Å². The van der Waals surface area contributed by atoms with Gasteiger partial charge in [-0.2, -0.15) is 5.10 Å². The van der Waals surface area contributed by atoms with Crippen molar-refractivity contribution in [1.29, 1.82) is 0 Å². The molecule has 0 spiro atoms. The monoisotopic (exact) mass is 562 g/mol. The van der Waals surface area contributed by atoms with Crippen molar-refractivity contribution in [3.05, 3.63) is 46.7 Å². The lowest BCUT2D eigenvalue weighted by Crippen LogP contribution is -2.38. The van der Waals surface area contributed by atoms with Crippen LogP contribution in [0.15, 0.2) is 46.1 Å².